The molecule has 0 spiro atoms. The van der Waals surface area contributed by atoms with E-state index >= 15 is 0 Å². The summed E-state index contributed by atoms with van der Waals surface area (Å²) in [7, 11) is 1.82. The van der Waals surface area contributed by atoms with Crippen LogP contribution < -0.4 is 10.6 Å². The number of hydrogen-bond donors (Lipinski definition) is 3. The molecular formula is C9H17N3O3. The molecule has 1 fully saturated rings. The number of rotatable bonds is 4. The largest absolute Gasteiger partial charge is 0.465 e. The van der Waals surface area contributed by atoms with Crippen LogP contribution >= 0.6 is 0 Å². The fourth-order valence-corrected chi connectivity index (χ4v) is 1.86. The second-order valence-electron chi connectivity index (χ2n) is 3.58. The average Bonchev–Trinajstić information content (AvgIpc) is 2.25. The molecule has 15 heavy (non-hydrogen) atoms. The molecule has 3 N–H and O–H groups in total. The van der Waals surface area contributed by atoms with E-state index in [-0.39, 0.29) is 18.8 Å². The highest BCUT2D eigenvalue weighted by atomic mass is 16.4. The van der Waals surface area contributed by atoms with Crippen molar-refractivity contribution in [2.45, 2.75) is 25.0 Å². The zero-order chi connectivity index (χ0) is 11.3. The van der Waals surface area contributed by atoms with Gasteiger partial charge in [-0.05, 0) is 26.4 Å². The molecule has 1 rings (SSSR count). The summed E-state index contributed by atoms with van der Waals surface area (Å²) in [5.41, 5.74) is 0. The Balaban J connectivity index is 2.58. The Morgan fingerprint density at radius 2 is 2.47 bits per heavy atom. The van der Waals surface area contributed by atoms with Gasteiger partial charge in [0, 0.05) is 6.04 Å². The predicted molar refractivity (Wildman–Crippen MR) is 54.7 cm³/mol. The summed E-state index contributed by atoms with van der Waals surface area (Å²) in [5, 5.41) is 15.2. The van der Waals surface area contributed by atoms with Crippen molar-refractivity contribution < 1.29 is 14.7 Å². The third kappa shape index (κ3) is 3.17. The number of nitrogens with one attached hydrogen (secondary N) is 2. The highest BCUT2D eigenvalue weighted by Crippen LogP contribution is 2.14. The van der Waals surface area contributed by atoms with E-state index in [1.54, 1.807) is 0 Å². The van der Waals surface area contributed by atoms with Gasteiger partial charge in [-0.25, -0.2) is 4.79 Å². The maximum Gasteiger partial charge on any atom is 0.407 e. The van der Waals surface area contributed by atoms with E-state index in [1.165, 1.54) is 4.90 Å². The lowest BCUT2D eigenvalue weighted by Crippen LogP contribution is -2.54. The number of carbonyl (C=O) groups excluding carboxylic acids is 1. The molecule has 2 atom stereocenters. The third-order valence-corrected chi connectivity index (χ3v) is 2.68. The number of piperidine rings is 1. The second-order valence-corrected chi connectivity index (χ2v) is 3.58. The fraction of sp³-hybridized carbons (Fsp3) is 0.778. The smallest absolute Gasteiger partial charge is 0.407 e. The van der Waals surface area contributed by atoms with E-state index in [4.69, 9.17) is 5.11 Å². The van der Waals surface area contributed by atoms with Crippen LogP contribution in [0.4, 0.5) is 4.79 Å². The highest BCUT2D eigenvalue weighted by molar-refractivity contribution is 5.69. The van der Waals surface area contributed by atoms with E-state index in [0.717, 1.165) is 13.0 Å². The molecule has 1 heterocycles. The number of carboxylic acid groups (broad SMARTS) is 1. The minimum atomic E-state index is -1.02. The minimum absolute atomic E-state index is 0.0452. The Kier molecular flexibility index (Phi) is 4.51. The molecule has 0 bridgehead atoms. The number of hydrogen-bond acceptors (Lipinski definition) is 4. The van der Waals surface area contributed by atoms with Gasteiger partial charge in [0.05, 0.1) is 12.7 Å². The van der Waals surface area contributed by atoms with Crippen LogP contribution in [0.2, 0.25) is 0 Å². The molecule has 1 saturated heterocycles. The topological polar surface area (TPSA) is 81.7 Å². The Bertz CT molecular complexity index is 235. The molecule has 1 amide bonds. The van der Waals surface area contributed by atoms with E-state index in [2.05, 4.69) is 10.6 Å². The quantitative estimate of drug-likeness (QED) is 0.549. The standard InChI is InChI=1S/C9H17N3O3/c1-10-8-6-7(2-3-11-8)12(4-5-13)9(14)15/h5,7-8,10-11H,2-4,6H2,1H3,(H,14,15). The fourth-order valence-electron chi connectivity index (χ4n) is 1.86. The summed E-state index contributed by atoms with van der Waals surface area (Å²) >= 11 is 0. The van der Waals surface area contributed by atoms with Crippen LogP contribution in [0, 0.1) is 0 Å². The van der Waals surface area contributed by atoms with Gasteiger partial charge in [0.15, 0.2) is 0 Å². The van der Waals surface area contributed by atoms with Crippen LogP contribution in [0.3, 0.4) is 0 Å². The first kappa shape index (κ1) is 11.9. The van der Waals surface area contributed by atoms with Crippen molar-refractivity contribution in [2.24, 2.45) is 0 Å². The van der Waals surface area contributed by atoms with E-state index in [1.807, 2.05) is 7.05 Å². The average molecular weight is 215 g/mol. The van der Waals surface area contributed by atoms with Crippen molar-refractivity contribution in [1.82, 2.24) is 15.5 Å². The number of carbonyl (C=O) groups is 2. The molecule has 0 aromatic carbocycles. The van der Waals surface area contributed by atoms with Gasteiger partial charge >= 0.3 is 6.09 Å². The molecule has 86 valence electrons. The van der Waals surface area contributed by atoms with Gasteiger partial charge < -0.3 is 20.5 Å². The lowest BCUT2D eigenvalue weighted by Gasteiger charge is -2.35. The predicted octanol–water partition coefficient (Wildman–Crippen LogP) is -0.537. The zero-order valence-corrected chi connectivity index (χ0v) is 8.77. The first-order valence-electron chi connectivity index (χ1n) is 5.03. The Labute approximate surface area is 88.6 Å². The zero-order valence-electron chi connectivity index (χ0n) is 8.77. The summed E-state index contributed by atoms with van der Waals surface area (Å²) in [6, 6.07) is -0.0774. The molecule has 1 aliphatic heterocycles. The normalized spacial score (nSPS) is 25.9. The van der Waals surface area contributed by atoms with Crippen molar-refractivity contribution in [3.8, 4) is 0 Å². The van der Waals surface area contributed by atoms with E-state index in [9.17, 15) is 9.59 Å². The molecule has 6 heteroatoms. The summed E-state index contributed by atoms with van der Waals surface area (Å²) < 4.78 is 0. The summed E-state index contributed by atoms with van der Waals surface area (Å²) in [6.07, 6.45) is 1.17. The van der Waals surface area contributed by atoms with Crippen LogP contribution in [0.1, 0.15) is 12.8 Å². The minimum Gasteiger partial charge on any atom is -0.465 e. The van der Waals surface area contributed by atoms with Crippen LogP contribution in [-0.4, -0.2) is 54.7 Å². The SMILES string of the molecule is CNC1CC(N(CC=O)C(=O)O)CCN1. The van der Waals surface area contributed by atoms with Gasteiger partial charge in [-0.15, -0.1) is 0 Å². The number of aldehydes is 1. The van der Waals surface area contributed by atoms with Crippen molar-refractivity contribution >= 4 is 12.4 Å². The molecule has 0 radical (unpaired) electrons. The van der Waals surface area contributed by atoms with Gasteiger partial charge in [-0.2, -0.15) is 0 Å². The first-order valence-corrected chi connectivity index (χ1v) is 5.03. The van der Waals surface area contributed by atoms with Crippen LogP contribution in [-0.2, 0) is 4.79 Å². The van der Waals surface area contributed by atoms with Crippen molar-refractivity contribution in [3.63, 3.8) is 0 Å². The van der Waals surface area contributed by atoms with Gasteiger partial charge in [0.25, 0.3) is 0 Å². The summed E-state index contributed by atoms with van der Waals surface area (Å²) in [4.78, 5) is 22.5. The van der Waals surface area contributed by atoms with Gasteiger partial charge in [-0.3, -0.25) is 4.90 Å². The maximum atomic E-state index is 10.9. The Morgan fingerprint density at radius 3 is 3.00 bits per heavy atom. The summed E-state index contributed by atoms with van der Waals surface area (Å²) in [5.74, 6) is 0. The molecule has 0 aliphatic carbocycles. The van der Waals surface area contributed by atoms with E-state index < -0.39 is 6.09 Å². The van der Waals surface area contributed by atoms with Crippen LogP contribution in [0.25, 0.3) is 0 Å². The highest BCUT2D eigenvalue weighted by Gasteiger charge is 2.28. The van der Waals surface area contributed by atoms with Crippen molar-refractivity contribution in [1.29, 1.82) is 0 Å². The molecule has 6 nitrogen and oxygen atoms in total. The number of amides is 1. The molecule has 0 aromatic rings. The van der Waals surface area contributed by atoms with Crippen molar-refractivity contribution in [3.05, 3.63) is 0 Å². The Morgan fingerprint density at radius 1 is 1.73 bits per heavy atom. The molecule has 2 unspecified atom stereocenters. The first-order chi connectivity index (χ1) is 7.19. The lowest BCUT2D eigenvalue weighted by molar-refractivity contribution is -0.109. The third-order valence-electron chi connectivity index (χ3n) is 2.68. The second kappa shape index (κ2) is 5.67. The van der Waals surface area contributed by atoms with Crippen LogP contribution in [0.15, 0.2) is 0 Å². The van der Waals surface area contributed by atoms with Crippen LogP contribution in [0.5, 0.6) is 0 Å². The van der Waals surface area contributed by atoms with Gasteiger partial charge in [0.2, 0.25) is 0 Å². The van der Waals surface area contributed by atoms with Gasteiger partial charge in [0.1, 0.15) is 6.29 Å². The van der Waals surface area contributed by atoms with E-state index in [0.29, 0.717) is 12.7 Å². The molecule has 0 aromatic heterocycles. The number of nitrogens with zero attached hydrogens (tertiary/aromatic N) is 1. The van der Waals surface area contributed by atoms with Crippen molar-refractivity contribution in [2.75, 3.05) is 20.1 Å². The molecule has 1 aliphatic rings. The van der Waals surface area contributed by atoms with Gasteiger partial charge in [-0.1, -0.05) is 0 Å². The maximum absolute atomic E-state index is 10.9. The summed E-state index contributed by atoms with van der Waals surface area (Å²) in [6.45, 7) is 0.718. The molecular weight excluding hydrogens is 198 g/mol. The lowest BCUT2D eigenvalue weighted by atomic mass is 10.0. The Hall–Kier alpha value is -1.14. The molecule has 0 saturated carbocycles. The monoisotopic (exact) mass is 215 g/mol.